The molecule has 0 aliphatic carbocycles. The van der Waals surface area contributed by atoms with Crippen molar-refractivity contribution in [3.05, 3.63) is 59.3 Å². The lowest BCUT2D eigenvalue weighted by molar-refractivity contribution is -0.110. The summed E-state index contributed by atoms with van der Waals surface area (Å²) in [7, 11) is 0. The fourth-order valence-corrected chi connectivity index (χ4v) is 4.23. The van der Waals surface area contributed by atoms with Crippen molar-refractivity contribution < 1.29 is 4.79 Å². The molecule has 2 heterocycles. The van der Waals surface area contributed by atoms with Crippen LogP contribution in [-0.4, -0.2) is 23.9 Å². The average Bonchev–Trinajstić information content (AvgIpc) is 3.05. The molecule has 0 atom stereocenters. The van der Waals surface area contributed by atoms with E-state index in [0.717, 1.165) is 42.0 Å². The zero-order valence-corrected chi connectivity index (χ0v) is 17.1. The summed E-state index contributed by atoms with van der Waals surface area (Å²) < 4.78 is 0. The Labute approximate surface area is 173 Å². The summed E-state index contributed by atoms with van der Waals surface area (Å²) in [4.78, 5) is 15.2. The SMILES string of the molecule is CCC/C(Nc1ccc(CN2CCCCC2)cc1)=C1/C(=O)Nc2ccc(N)cc21. The van der Waals surface area contributed by atoms with Gasteiger partial charge in [0.15, 0.2) is 0 Å². The molecule has 0 bridgehead atoms. The largest absolute Gasteiger partial charge is 0.399 e. The molecule has 2 aromatic rings. The van der Waals surface area contributed by atoms with Crippen molar-refractivity contribution in [3.8, 4) is 0 Å². The summed E-state index contributed by atoms with van der Waals surface area (Å²) in [6.07, 6.45) is 5.72. The van der Waals surface area contributed by atoms with Gasteiger partial charge in [-0.2, -0.15) is 0 Å². The Bertz CT molecular complexity index is 911. The Morgan fingerprint density at radius 3 is 2.59 bits per heavy atom. The number of nitrogens with two attached hydrogens (primary N) is 1. The molecule has 0 spiro atoms. The number of fused-ring (bicyclic) bond motifs is 1. The number of rotatable bonds is 6. The minimum absolute atomic E-state index is 0.0664. The van der Waals surface area contributed by atoms with Crippen molar-refractivity contribution in [2.24, 2.45) is 0 Å². The first-order chi connectivity index (χ1) is 14.1. The monoisotopic (exact) mass is 390 g/mol. The molecule has 2 aromatic carbocycles. The first-order valence-electron chi connectivity index (χ1n) is 10.7. The van der Waals surface area contributed by atoms with Gasteiger partial charge in [-0.05, 0) is 68.2 Å². The van der Waals surface area contributed by atoms with Gasteiger partial charge in [-0.15, -0.1) is 0 Å². The number of carbonyl (C=O) groups is 1. The number of allylic oxidation sites excluding steroid dienone is 1. The maximum Gasteiger partial charge on any atom is 0.258 e. The molecule has 0 aromatic heterocycles. The molecule has 2 aliphatic heterocycles. The van der Waals surface area contributed by atoms with E-state index < -0.39 is 0 Å². The van der Waals surface area contributed by atoms with Gasteiger partial charge in [-0.25, -0.2) is 0 Å². The molecule has 1 amide bonds. The second kappa shape index (κ2) is 8.70. The second-order valence-corrected chi connectivity index (χ2v) is 8.02. The number of piperidine rings is 1. The van der Waals surface area contributed by atoms with Crippen LogP contribution in [0, 0.1) is 0 Å². The number of likely N-dealkylation sites (tertiary alicyclic amines) is 1. The minimum Gasteiger partial charge on any atom is -0.399 e. The summed E-state index contributed by atoms with van der Waals surface area (Å²) in [6, 6.07) is 14.2. The number of hydrogen-bond acceptors (Lipinski definition) is 4. The number of nitrogen functional groups attached to an aromatic ring is 1. The summed E-state index contributed by atoms with van der Waals surface area (Å²) in [5.74, 6) is -0.0664. The zero-order valence-electron chi connectivity index (χ0n) is 17.1. The predicted octanol–water partition coefficient (Wildman–Crippen LogP) is 4.83. The maximum absolute atomic E-state index is 12.7. The molecule has 0 radical (unpaired) electrons. The number of nitrogens with zero attached hydrogens (tertiary/aromatic N) is 1. The third-order valence-electron chi connectivity index (χ3n) is 5.69. The Morgan fingerprint density at radius 1 is 1.10 bits per heavy atom. The number of hydrogen-bond donors (Lipinski definition) is 3. The van der Waals surface area contributed by atoms with Crippen LogP contribution in [0.1, 0.15) is 50.2 Å². The average molecular weight is 391 g/mol. The molecule has 4 N–H and O–H groups in total. The van der Waals surface area contributed by atoms with E-state index in [1.807, 2.05) is 18.2 Å². The number of benzene rings is 2. The highest BCUT2D eigenvalue weighted by atomic mass is 16.2. The summed E-state index contributed by atoms with van der Waals surface area (Å²) in [5.41, 5.74) is 12.3. The Morgan fingerprint density at radius 2 is 1.86 bits per heavy atom. The van der Waals surface area contributed by atoms with Gasteiger partial charge in [0.25, 0.3) is 5.91 Å². The molecule has 2 aliphatic rings. The fraction of sp³-hybridized carbons (Fsp3) is 0.375. The predicted molar refractivity (Wildman–Crippen MR) is 121 cm³/mol. The molecular weight excluding hydrogens is 360 g/mol. The van der Waals surface area contributed by atoms with E-state index in [4.69, 9.17) is 5.73 Å². The number of nitrogens with one attached hydrogen (secondary N) is 2. The topological polar surface area (TPSA) is 70.4 Å². The maximum atomic E-state index is 12.7. The first-order valence-corrected chi connectivity index (χ1v) is 10.7. The van der Waals surface area contributed by atoms with Crippen LogP contribution in [-0.2, 0) is 11.3 Å². The lowest BCUT2D eigenvalue weighted by atomic mass is 10.0. The van der Waals surface area contributed by atoms with Crippen LogP contribution < -0.4 is 16.4 Å². The van der Waals surface area contributed by atoms with E-state index in [1.54, 1.807) is 0 Å². The summed E-state index contributed by atoms with van der Waals surface area (Å²) >= 11 is 0. The highest BCUT2D eigenvalue weighted by Crippen LogP contribution is 2.36. The Balaban J connectivity index is 1.55. The van der Waals surface area contributed by atoms with Crippen molar-refractivity contribution >= 4 is 28.5 Å². The van der Waals surface area contributed by atoms with Gasteiger partial charge in [0, 0.05) is 34.9 Å². The smallest absolute Gasteiger partial charge is 0.258 e. The normalized spacial score (nSPS) is 18.3. The molecule has 5 nitrogen and oxygen atoms in total. The second-order valence-electron chi connectivity index (χ2n) is 8.02. The van der Waals surface area contributed by atoms with E-state index in [2.05, 4.69) is 46.7 Å². The van der Waals surface area contributed by atoms with Gasteiger partial charge in [0.05, 0.1) is 5.57 Å². The molecular formula is C24H30N4O. The van der Waals surface area contributed by atoms with E-state index >= 15 is 0 Å². The van der Waals surface area contributed by atoms with Gasteiger partial charge >= 0.3 is 0 Å². The lowest BCUT2D eigenvalue weighted by Gasteiger charge is -2.26. The van der Waals surface area contributed by atoms with E-state index in [9.17, 15) is 4.79 Å². The standard InChI is InChI=1S/C24H30N4O/c1-2-6-22(23-20-15-18(25)9-12-21(20)27-24(23)29)26-19-10-7-17(8-11-19)16-28-13-4-3-5-14-28/h7-12,15,26H,2-6,13-14,16,25H2,1H3,(H,27,29)/b23-22-. The molecule has 29 heavy (non-hydrogen) atoms. The third-order valence-corrected chi connectivity index (χ3v) is 5.69. The first kappa shape index (κ1) is 19.5. The highest BCUT2D eigenvalue weighted by molar-refractivity contribution is 6.32. The van der Waals surface area contributed by atoms with Crippen molar-refractivity contribution in [1.82, 2.24) is 4.90 Å². The number of amides is 1. The van der Waals surface area contributed by atoms with Crippen molar-refractivity contribution in [2.45, 2.75) is 45.6 Å². The van der Waals surface area contributed by atoms with Gasteiger partial charge < -0.3 is 16.4 Å². The molecule has 1 fully saturated rings. The molecule has 5 heteroatoms. The number of carbonyl (C=O) groups excluding carboxylic acids is 1. The fourth-order valence-electron chi connectivity index (χ4n) is 4.23. The van der Waals surface area contributed by atoms with E-state index in [1.165, 1.54) is 37.9 Å². The lowest BCUT2D eigenvalue weighted by Crippen LogP contribution is -2.29. The third kappa shape index (κ3) is 4.46. The van der Waals surface area contributed by atoms with Crippen LogP contribution in [0.2, 0.25) is 0 Å². The van der Waals surface area contributed by atoms with Crippen LogP contribution in [0.5, 0.6) is 0 Å². The molecule has 152 valence electrons. The number of anilines is 3. The Kier molecular flexibility index (Phi) is 5.86. The quantitative estimate of drug-likeness (QED) is 0.488. The van der Waals surface area contributed by atoms with E-state index in [-0.39, 0.29) is 5.91 Å². The highest BCUT2D eigenvalue weighted by Gasteiger charge is 2.27. The van der Waals surface area contributed by atoms with Crippen LogP contribution in [0.3, 0.4) is 0 Å². The van der Waals surface area contributed by atoms with Gasteiger partial charge in [-0.1, -0.05) is 31.9 Å². The van der Waals surface area contributed by atoms with Crippen molar-refractivity contribution in [1.29, 1.82) is 0 Å². The minimum atomic E-state index is -0.0664. The van der Waals surface area contributed by atoms with Crippen LogP contribution in [0.25, 0.3) is 5.57 Å². The molecule has 0 saturated carbocycles. The molecule has 1 saturated heterocycles. The van der Waals surface area contributed by atoms with Gasteiger partial charge in [0.1, 0.15) is 0 Å². The van der Waals surface area contributed by atoms with Crippen LogP contribution in [0.4, 0.5) is 17.1 Å². The van der Waals surface area contributed by atoms with Gasteiger partial charge in [-0.3, -0.25) is 9.69 Å². The van der Waals surface area contributed by atoms with E-state index in [0.29, 0.717) is 11.3 Å². The summed E-state index contributed by atoms with van der Waals surface area (Å²) in [6.45, 7) is 5.53. The van der Waals surface area contributed by atoms with Crippen LogP contribution >= 0.6 is 0 Å². The van der Waals surface area contributed by atoms with Gasteiger partial charge in [0.2, 0.25) is 0 Å². The molecule has 4 rings (SSSR count). The van der Waals surface area contributed by atoms with Crippen molar-refractivity contribution in [2.75, 3.05) is 29.5 Å². The molecule has 0 unspecified atom stereocenters. The Hall–Kier alpha value is -2.79. The van der Waals surface area contributed by atoms with Crippen molar-refractivity contribution in [3.63, 3.8) is 0 Å². The zero-order chi connectivity index (χ0) is 20.2. The van der Waals surface area contributed by atoms with Crippen LogP contribution in [0.15, 0.2) is 48.2 Å². The summed E-state index contributed by atoms with van der Waals surface area (Å²) in [5, 5.41) is 6.46.